The molecule has 0 aromatic heterocycles. The molecule has 8 nitrogen and oxygen atoms in total. The fraction of sp³-hybridized carbons (Fsp3) is 0.833. The Kier molecular flexibility index (Phi) is 7.00. The van der Waals surface area contributed by atoms with E-state index in [1.165, 1.54) is 0 Å². The number of ether oxygens (including phenoxy) is 2. The van der Waals surface area contributed by atoms with Gasteiger partial charge >= 0.3 is 0 Å². The summed E-state index contributed by atoms with van der Waals surface area (Å²) in [5, 5.41) is 0. The first-order valence-electron chi connectivity index (χ1n) is 9.17. The first kappa shape index (κ1) is 20.6. The maximum atomic E-state index is 12.7. The molecule has 8 heteroatoms. The summed E-state index contributed by atoms with van der Waals surface area (Å²) in [6.07, 6.45) is 0.280. The summed E-state index contributed by atoms with van der Waals surface area (Å²) in [6, 6.07) is 0. The minimum Gasteiger partial charge on any atom is -0.382 e. The molecule has 3 amide bonds. The summed E-state index contributed by atoms with van der Waals surface area (Å²) < 4.78 is 10.1. The third kappa shape index (κ3) is 5.17. The van der Waals surface area contributed by atoms with Crippen LogP contribution in [0, 0.1) is 5.92 Å². The Morgan fingerprint density at radius 2 is 1.69 bits per heavy atom. The number of hydrogen-bond donors (Lipinski definition) is 0. The van der Waals surface area contributed by atoms with Crippen LogP contribution in [0.2, 0.25) is 0 Å². The largest absolute Gasteiger partial charge is 0.382 e. The number of amides is 3. The molecular formula is C18H31N3O5. The first-order valence-corrected chi connectivity index (χ1v) is 9.17. The van der Waals surface area contributed by atoms with E-state index in [2.05, 4.69) is 0 Å². The number of methoxy groups -OCH3 is 1. The fourth-order valence-corrected chi connectivity index (χ4v) is 3.35. The van der Waals surface area contributed by atoms with Crippen LogP contribution in [0.4, 0.5) is 0 Å². The van der Waals surface area contributed by atoms with Gasteiger partial charge in [0, 0.05) is 51.8 Å². The lowest BCUT2D eigenvalue weighted by atomic mass is 10.1. The highest BCUT2D eigenvalue weighted by molar-refractivity contribution is 5.89. The molecule has 2 aliphatic rings. The van der Waals surface area contributed by atoms with Crippen molar-refractivity contribution in [3.8, 4) is 0 Å². The summed E-state index contributed by atoms with van der Waals surface area (Å²) in [7, 11) is 1.58. The molecule has 0 radical (unpaired) electrons. The van der Waals surface area contributed by atoms with Gasteiger partial charge in [0.25, 0.3) is 0 Å². The van der Waals surface area contributed by atoms with Gasteiger partial charge in [-0.3, -0.25) is 14.4 Å². The average Bonchev–Trinajstić information content (AvgIpc) is 3.00. The van der Waals surface area contributed by atoms with Crippen LogP contribution in [0.3, 0.4) is 0 Å². The van der Waals surface area contributed by atoms with E-state index < -0.39 is 0 Å². The van der Waals surface area contributed by atoms with Crippen LogP contribution in [0.5, 0.6) is 0 Å². The number of carbonyl (C=O) groups is 3. The van der Waals surface area contributed by atoms with E-state index in [1.54, 1.807) is 21.8 Å². The second kappa shape index (κ2) is 8.81. The van der Waals surface area contributed by atoms with E-state index in [0.717, 1.165) is 0 Å². The molecule has 1 unspecified atom stereocenters. The second-order valence-electron chi connectivity index (χ2n) is 7.83. The van der Waals surface area contributed by atoms with Crippen LogP contribution in [0.15, 0.2) is 0 Å². The highest BCUT2D eigenvalue weighted by atomic mass is 16.5. The number of piperazine rings is 1. The molecule has 0 aromatic rings. The Morgan fingerprint density at radius 3 is 2.23 bits per heavy atom. The lowest BCUT2D eigenvalue weighted by molar-refractivity contribution is -0.144. The van der Waals surface area contributed by atoms with Crippen LogP contribution >= 0.6 is 0 Å². The molecule has 2 fully saturated rings. The van der Waals surface area contributed by atoms with Crippen LogP contribution in [0.25, 0.3) is 0 Å². The van der Waals surface area contributed by atoms with Crippen molar-refractivity contribution in [2.24, 2.45) is 5.92 Å². The van der Waals surface area contributed by atoms with Crippen molar-refractivity contribution in [2.75, 3.05) is 59.7 Å². The maximum absolute atomic E-state index is 12.7. The molecule has 1 atom stereocenters. The third-order valence-electron chi connectivity index (χ3n) is 4.89. The zero-order valence-electron chi connectivity index (χ0n) is 16.3. The van der Waals surface area contributed by atoms with Gasteiger partial charge in [-0.1, -0.05) is 0 Å². The molecule has 26 heavy (non-hydrogen) atoms. The van der Waals surface area contributed by atoms with Crippen molar-refractivity contribution in [1.82, 2.24) is 14.7 Å². The number of hydrogen-bond acceptors (Lipinski definition) is 5. The summed E-state index contributed by atoms with van der Waals surface area (Å²) in [5.41, 5.74) is -0.264. The lowest BCUT2D eigenvalue weighted by Crippen LogP contribution is -2.53. The van der Waals surface area contributed by atoms with Crippen molar-refractivity contribution >= 4 is 17.7 Å². The molecule has 2 rings (SSSR count). The molecule has 0 saturated carbocycles. The summed E-state index contributed by atoms with van der Waals surface area (Å²) in [4.78, 5) is 42.3. The highest BCUT2D eigenvalue weighted by Crippen LogP contribution is 2.27. The molecular weight excluding hydrogens is 338 g/mol. The van der Waals surface area contributed by atoms with E-state index in [0.29, 0.717) is 45.9 Å². The van der Waals surface area contributed by atoms with Gasteiger partial charge in [-0.05, 0) is 20.8 Å². The van der Waals surface area contributed by atoms with E-state index >= 15 is 0 Å². The highest BCUT2D eigenvalue weighted by Gasteiger charge is 2.41. The molecule has 0 bridgehead atoms. The standard InChI is InChI=1S/C18H31N3O5/c1-18(2,3)21-12-14(11-15(21)22)17(24)20-7-5-19(6-8-20)16(23)13-26-10-9-25-4/h14H,5-13H2,1-4H3. The maximum Gasteiger partial charge on any atom is 0.248 e. The van der Waals surface area contributed by atoms with Crippen LogP contribution in [-0.2, 0) is 23.9 Å². The average molecular weight is 369 g/mol. The molecule has 0 N–H and O–H groups in total. The Morgan fingerprint density at radius 1 is 1.08 bits per heavy atom. The van der Waals surface area contributed by atoms with Gasteiger partial charge in [-0.2, -0.15) is 0 Å². The zero-order chi connectivity index (χ0) is 19.3. The fourth-order valence-electron chi connectivity index (χ4n) is 3.35. The first-order chi connectivity index (χ1) is 12.2. The molecule has 148 valence electrons. The van der Waals surface area contributed by atoms with Gasteiger partial charge in [-0.15, -0.1) is 0 Å². The van der Waals surface area contributed by atoms with E-state index in [1.807, 2.05) is 20.8 Å². The summed E-state index contributed by atoms with van der Waals surface area (Å²) in [6.45, 7) is 9.32. The van der Waals surface area contributed by atoms with Crippen molar-refractivity contribution in [3.05, 3.63) is 0 Å². The quantitative estimate of drug-likeness (QED) is 0.614. The second-order valence-corrected chi connectivity index (χ2v) is 7.83. The molecule has 2 aliphatic heterocycles. The molecule has 2 heterocycles. The van der Waals surface area contributed by atoms with Crippen molar-refractivity contribution in [3.63, 3.8) is 0 Å². The normalized spacial score (nSPS) is 21.5. The number of likely N-dealkylation sites (tertiary alicyclic amines) is 1. The van der Waals surface area contributed by atoms with Crippen molar-refractivity contribution < 1.29 is 23.9 Å². The van der Waals surface area contributed by atoms with E-state index in [9.17, 15) is 14.4 Å². The predicted molar refractivity (Wildman–Crippen MR) is 95.4 cm³/mol. The monoisotopic (exact) mass is 369 g/mol. The molecule has 2 saturated heterocycles. The van der Waals surface area contributed by atoms with Crippen molar-refractivity contribution in [1.29, 1.82) is 0 Å². The van der Waals surface area contributed by atoms with Gasteiger partial charge in [0.15, 0.2) is 0 Å². The zero-order valence-corrected chi connectivity index (χ0v) is 16.3. The Bertz CT molecular complexity index is 523. The lowest BCUT2D eigenvalue weighted by Gasteiger charge is -2.36. The molecule has 0 aliphatic carbocycles. The Labute approximate surface area is 155 Å². The van der Waals surface area contributed by atoms with E-state index in [-0.39, 0.29) is 42.2 Å². The van der Waals surface area contributed by atoms with Gasteiger partial charge in [0.2, 0.25) is 17.7 Å². The van der Waals surface area contributed by atoms with Gasteiger partial charge in [0.05, 0.1) is 19.1 Å². The number of rotatable bonds is 6. The smallest absolute Gasteiger partial charge is 0.248 e. The predicted octanol–water partition coefficient (Wildman–Crippen LogP) is -0.0328. The number of nitrogens with zero attached hydrogens (tertiary/aromatic N) is 3. The van der Waals surface area contributed by atoms with Crippen molar-refractivity contribution in [2.45, 2.75) is 32.7 Å². The van der Waals surface area contributed by atoms with E-state index in [4.69, 9.17) is 9.47 Å². The third-order valence-corrected chi connectivity index (χ3v) is 4.89. The Balaban J connectivity index is 1.78. The topological polar surface area (TPSA) is 79.4 Å². The van der Waals surface area contributed by atoms with Crippen LogP contribution in [-0.4, -0.2) is 97.6 Å². The molecule has 0 aromatic carbocycles. The molecule has 0 spiro atoms. The SMILES string of the molecule is COCCOCC(=O)N1CCN(C(=O)C2CC(=O)N(C(C)(C)C)C2)CC1. The Hall–Kier alpha value is -1.67. The summed E-state index contributed by atoms with van der Waals surface area (Å²) in [5.74, 6) is -0.282. The van der Waals surface area contributed by atoms with Crippen LogP contribution in [0.1, 0.15) is 27.2 Å². The van der Waals surface area contributed by atoms with Crippen LogP contribution < -0.4 is 0 Å². The minimum absolute atomic E-state index is 0.0218. The number of carbonyl (C=O) groups excluding carboxylic acids is 3. The summed E-state index contributed by atoms with van der Waals surface area (Å²) >= 11 is 0. The minimum atomic E-state index is -0.277. The van der Waals surface area contributed by atoms with Gasteiger partial charge in [-0.25, -0.2) is 0 Å². The van der Waals surface area contributed by atoms with Gasteiger partial charge in [0.1, 0.15) is 6.61 Å². The van der Waals surface area contributed by atoms with Gasteiger partial charge < -0.3 is 24.2 Å².